The maximum absolute atomic E-state index is 12.1. The minimum Gasteiger partial charge on any atom is -0.484 e. The van der Waals surface area contributed by atoms with Crippen molar-refractivity contribution in [2.75, 3.05) is 11.9 Å². The van der Waals surface area contributed by atoms with E-state index in [4.69, 9.17) is 9.15 Å². The van der Waals surface area contributed by atoms with Gasteiger partial charge in [0.1, 0.15) is 11.3 Å². The second-order valence-corrected chi connectivity index (χ2v) is 5.46. The Morgan fingerprint density at radius 1 is 1.29 bits per heavy atom. The third-order valence-electron chi connectivity index (χ3n) is 3.74. The molecule has 0 bridgehead atoms. The van der Waals surface area contributed by atoms with Crippen LogP contribution in [0.5, 0.6) is 5.75 Å². The molecular weight excluding hydrogens is 310 g/mol. The minimum absolute atomic E-state index is 0.156. The topological polar surface area (TPSA) is 86.4 Å². The molecule has 0 aliphatic rings. The summed E-state index contributed by atoms with van der Waals surface area (Å²) >= 11 is 0. The highest BCUT2D eigenvalue weighted by atomic mass is 16.5. The summed E-state index contributed by atoms with van der Waals surface area (Å²) in [7, 11) is 1.82. The van der Waals surface area contributed by atoms with Crippen molar-refractivity contribution in [3.8, 4) is 5.75 Å². The number of ether oxygens (including phenoxy) is 1. The van der Waals surface area contributed by atoms with Crippen LogP contribution in [0.2, 0.25) is 0 Å². The van der Waals surface area contributed by atoms with Crippen molar-refractivity contribution in [1.29, 1.82) is 0 Å². The van der Waals surface area contributed by atoms with E-state index in [2.05, 4.69) is 10.4 Å². The lowest BCUT2D eigenvalue weighted by atomic mass is 10.2. The molecule has 0 aliphatic carbocycles. The molecule has 3 rings (SSSR count). The number of nitrogens with zero attached hydrogens (tertiary/aromatic N) is 2. The van der Waals surface area contributed by atoms with Gasteiger partial charge in [-0.05, 0) is 32.0 Å². The van der Waals surface area contributed by atoms with Crippen molar-refractivity contribution < 1.29 is 13.9 Å². The summed E-state index contributed by atoms with van der Waals surface area (Å²) in [5.41, 5.74) is 2.29. The van der Waals surface area contributed by atoms with E-state index in [1.54, 1.807) is 28.9 Å². The number of amides is 1. The monoisotopic (exact) mass is 327 g/mol. The number of hydrogen-bond acceptors (Lipinski definition) is 5. The van der Waals surface area contributed by atoms with Gasteiger partial charge in [-0.2, -0.15) is 5.10 Å². The fourth-order valence-corrected chi connectivity index (χ4v) is 2.41. The third-order valence-corrected chi connectivity index (χ3v) is 3.74. The summed E-state index contributed by atoms with van der Waals surface area (Å²) in [4.78, 5) is 23.3. The maximum atomic E-state index is 12.1. The van der Waals surface area contributed by atoms with Gasteiger partial charge in [-0.15, -0.1) is 0 Å². The molecular formula is C17H17N3O4. The highest BCUT2D eigenvalue weighted by molar-refractivity contribution is 5.93. The van der Waals surface area contributed by atoms with E-state index in [0.29, 0.717) is 17.0 Å². The second kappa shape index (κ2) is 6.19. The molecule has 24 heavy (non-hydrogen) atoms. The number of nitrogens with one attached hydrogen (secondary N) is 1. The van der Waals surface area contributed by atoms with Crippen molar-refractivity contribution in [1.82, 2.24) is 9.78 Å². The first-order chi connectivity index (χ1) is 11.4. The quantitative estimate of drug-likeness (QED) is 0.742. The molecule has 7 heteroatoms. The molecule has 124 valence electrons. The minimum atomic E-state index is -0.431. The Morgan fingerprint density at radius 2 is 2.04 bits per heavy atom. The molecule has 7 nitrogen and oxygen atoms in total. The number of aromatic nitrogens is 2. The van der Waals surface area contributed by atoms with Gasteiger partial charge in [0.05, 0.1) is 17.1 Å². The molecule has 0 spiro atoms. The van der Waals surface area contributed by atoms with Gasteiger partial charge in [0.2, 0.25) is 0 Å². The zero-order valence-electron chi connectivity index (χ0n) is 13.6. The summed E-state index contributed by atoms with van der Waals surface area (Å²) in [5.74, 6) is 0.162. The highest BCUT2D eigenvalue weighted by Crippen LogP contribution is 2.20. The molecule has 0 unspecified atom stereocenters. The van der Waals surface area contributed by atoms with E-state index >= 15 is 0 Å². The highest BCUT2D eigenvalue weighted by Gasteiger charge is 2.13. The summed E-state index contributed by atoms with van der Waals surface area (Å²) in [6.07, 6.45) is 0. The molecule has 0 aliphatic heterocycles. The number of fused-ring (bicyclic) bond motifs is 1. The number of aryl methyl sites for hydroxylation is 2. The summed E-state index contributed by atoms with van der Waals surface area (Å²) < 4.78 is 12.3. The molecule has 0 saturated heterocycles. The van der Waals surface area contributed by atoms with Gasteiger partial charge in [-0.3, -0.25) is 9.48 Å². The number of carbonyl (C=O) groups is 1. The van der Waals surface area contributed by atoms with Crippen molar-refractivity contribution in [3.05, 3.63) is 52.1 Å². The first kappa shape index (κ1) is 15.8. The SMILES string of the molecule is Cc1nn(C)c(C)c1NC(=O)COc1ccc2ccc(=O)oc2c1. The summed E-state index contributed by atoms with van der Waals surface area (Å²) in [5, 5.41) is 7.82. The van der Waals surface area contributed by atoms with Crippen molar-refractivity contribution in [2.45, 2.75) is 13.8 Å². The fourth-order valence-electron chi connectivity index (χ4n) is 2.41. The zero-order chi connectivity index (χ0) is 17.3. The first-order valence-electron chi connectivity index (χ1n) is 7.41. The van der Waals surface area contributed by atoms with Crippen LogP contribution in [0.1, 0.15) is 11.4 Å². The first-order valence-corrected chi connectivity index (χ1v) is 7.41. The van der Waals surface area contributed by atoms with Crippen LogP contribution in [0.4, 0.5) is 5.69 Å². The second-order valence-electron chi connectivity index (χ2n) is 5.46. The van der Waals surface area contributed by atoms with Gasteiger partial charge in [-0.1, -0.05) is 0 Å². The maximum Gasteiger partial charge on any atom is 0.336 e. The van der Waals surface area contributed by atoms with Crippen LogP contribution in [-0.2, 0) is 11.8 Å². The lowest BCUT2D eigenvalue weighted by molar-refractivity contribution is -0.118. The van der Waals surface area contributed by atoms with E-state index < -0.39 is 5.63 Å². The Bertz CT molecular complexity index is 972. The standard InChI is InChI=1S/C17H17N3O4/c1-10-17(11(2)20(3)19-10)18-15(21)9-23-13-6-4-12-5-7-16(22)24-14(12)8-13/h4-8H,9H2,1-3H3,(H,18,21). The number of carbonyl (C=O) groups excluding carboxylic acids is 1. The molecule has 3 aromatic rings. The van der Waals surface area contributed by atoms with Crippen LogP contribution in [-0.4, -0.2) is 22.3 Å². The van der Waals surface area contributed by atoms with Crippen LogP contribution in [0, 0.1) is 13.8 Å². The van der Waals surface area contributed by atoms with E-state index in [-0.39, 0.29) is 12.5 Å². The lowest BCUT2D eigenvalue weighted by Gasteiger charge is -2.08. The summed E-state index contributed by atoms with van der Waals surface area (Å²) in [6.45, 7) is 3.55. The van der Waals surface area contributed by atoms with Crippen molar-refractivity contribution in [3.63, 3.8) is 0 Å². The van der Waals surface area contributed by atoms with E-state index in [9.17, 15) is 9.59 Å². The van der Waals surface area contributed by atoms with Crippen LogP contribution < -0.4 is 15.7 Å². The molecule has 2 heterocycles. The van der Waals surface area contributed by atoms with Gasteiger partial charge < -0.3 is 14.5 Å². The van der Waals surface area contributed by atoms with Gasteiger partial charge in [0.25, 0.3) is 5.91 Å². The van der Waals surface area contributed by atoms with Gasteiger partial charge >= 0.3 is 5.63 Å². The Labute approximate surface area is 137 Å². The van der Waals surface area contributed by atoms with Crippen LogP contribution >= 0.6 is 0 Å². The number of hydrogen-bond donors (Lipinski definition) is 1. The normalized spacial score (nSPS) is 10.8. The average Bonchev–Trinajstić information content (AvgIpc) is 2.79. The van der Waals surface area contributed by atoms with E-state index in [1.807, 2.05) is 20.9 Å². The van der Waals surface area contributed by atoms with Crippen LogP contribution in [0.25, 0.3) is 11.0 Å². The fraction of sp³-hybridized carbons (Fsp3) is 0.235. The van der Waals surface area contributed by atoms with Crippen molar-refractivity contribution >= 4 is 22.6 Å². The Kier molecular flexibility index (Phi) is 4.07. The molecule has 0 fully saturated rings. The lowest BCUT2D eigenvalue weighted by Crippen LogP contribution is -2.20. The van der Waals surface area contributed by atoms with Crippen LogP contribution in [0.15, 0.2) is 39.5 Å². The smallest absolute Gasteiger partial charge is 0.336 e. The average molecular weight is 327 g/mol. The number of rotatable bonds is 4. The van der Waals surface area contributed by atoms with Gasteiger partial charge in [0.15, 0.2) is 6.61 Å². The number of benzene rings is 1. The Hall–Kier alpha value is -3.09. The zero-order valence-corrected chi connectivity index (χ0v) is 13.6. The van der Waals surface area contributed by atoms with E-state index in [1.165, 1.54) is 6.07 Å². The molecule has 1 N–H and O–H groups in total. The predicted octanol–water partition coefficient (Wildman–Crippen LogP) is 2.16. The molecule has 0 saturated carbocycles. The molecule has 0 radical (unpaired) electrons. The predicted molar refractivity (Wildman–Crippen MR) is 89.3 cm³/mol. The Balaban J connectivity index is 1.69. The van der Waals surface area contributed by atoms with Crippen LogP contribution in [0.3, 0.4) is 0 Å². The van der Waals surface area contributed by atoms with Gasteiger partial charge in [-0.25, -0.2) is 4.79 Å². The van der Waals surface area contributed by atoms with Crippen molar-refractivity contribution in [2.24, 2.45) is 7.05 Å². The molecule has 1 amide bonds. The Morgan fingerprint density at radius 3 is 2.75 bits per heavy atom. The van der Waals surface area contributed by atoms with Gasteiger partial charge in [0, 0.05) is 24.6 Å². The summed E-state index contributed by atoms with van der Waals surface area (Å²) in [6, 6.07) is 8.10. The largest absolute Gasteiger partial charge is 0.484 e. The third kappa shape index (κ3) is 3.15. The molecule has 2 aromatic heterocycles. The van der Waals surface area contributed by atoms with E-state index in [0.717, 1.165) is 16.8 Å². The molecule has 0 atom stereocenters. The number of anilines is 1. The molecule has 1 aromatic carbocycles.